The van der Waals surface area contributed by atoms with Crippen LogP contribution >= 0.6 is 0 Å². The number of nitrogens with one attached hydrogen (secondary N) is 1. The second kappa shape index (κ2) is 7.26. The van der Waals surface area contributed by atoms with Gasteiger partial charge in [0.1, 0.15) is 0 Å². The first-order valence-electron chi connectivity index (χ1n) is 7.75. The minimum Gasteiger partial charge on any atom is -0.389 e. The highest BCUT2D eigenvalue weighted by Crippen LogP contribution is 2.33. The van der Waals surface area contributed by atoms with Crippen LogP contribution in [0.15, 0.2) is 0 Å². The molecule has 0 atom stereocenters. The number of aliphatic hydroxyl groups is 1. The SMILES string of the molecule is CCC1CCC(O)(CNCCCC(C)(C)C#N)CC1. The Morgan fingerprint density at radius 3 is 2.53 bits per heavy atom. The summed E-state index contributed by atoms with van der Waals surface area (Å²) < 4.78 is 0. The summed E-state index contributed by atoms with van der Waals surface area (Å²) in [5.41, 5.74) is -0.714. The molecule has 0 radical (unpaired) electrons. The van der Waals surface area contributed by atoms with Crippen LogP contribution in [0, 0.1) is 22.7 Å². The number of hydrogen-bond donors (Lipinski definition) is 2. The summed E-state index contributed by atoms with van der Waals surface area (Å²) in [5, 5.41) is 22.8. The van der Waals surface area contributed by atoms with Crippen LogP contribution in [0.1, 0.15) is 65.7 Å². The molecule has 1 aliphatic carbocycles. The molecule has 3 nitrogen and oxygen atoms in total. The van der Waals surface area contributed by atoms with Crippen LogP contribution in [-0.4, -0.2) is 23.8 Å². The fourth-order valence-electron chi connectivity index (χ4n) is 2.83. The monoisotopic (exact) mass is 266 g/mol. The van der Waals surface area contributed by atoms with Crippen LogP contribution in [0.2, 0.25) is 0 Å². The summed E-state index contributed by atoms with van der Waals surface area (Å²) in [5.74, 6) is 0.816. The molecular weight excluding hydrogens is 236 g/mol. The molecule has 2 N–H and O–H groups in total. The molecule has 0 aromatic heterocycles. The van der Waals surface area contributed by atoms with E-state index < -0.39 is 5.60 Å². The van der Waals surface area contributed by atoms with E-state index in [2.05, 4.69) is 18.3 Å². The van der Waals surface area contributed by atoms with Crippen molar-refractivity contribution >= 4 is 0 Å². The first-order chi connectivity index (χ1) is 8.91. The summed E-state index contributed by atoms with van der Waals surface area (Å²) >= 11 is 0. The Balaban J connectivity index is 2.14. The Morgan fingerprint density at radius 1 is 1.37 bits per heavy atom. The first kappa shape index (κ1) is 16.5. The van der Waals surface area contributed by atoms with Gasteiger partial charge < -0.3 is 10.4 Å². The minimum atomic E-state index is -0.490. The largest absolute Gasteiger partial charge is 0.389 e. The number of nitrogens with zero attached hydrogens (tertiary/aromatic N) is 1. The summed E-state index contributed by atoms with van der Waals surface area (Å²) in [4.78, 5) is 0. The molecule has 0 bridgehead atoms. The zero-order chi connectivity index (χ0) is 14.4. The van der Waals surface area contributed by atoms with Crippen molar-refractivity contribution in [2.45, 2.75) is 71.3 Å². The summed E-state index contributed by atoms with van der Waals surface area (Å²) in [7, 11) is 0. The molecule has 3 heteroatoms. The van der Waals surface area contributed by atoms with Crippen LogP contribution in [0.3, 0.4) is 0 Å². The van der Waals surface area contributed by atoms with Gasteiger partial charge in [0.2, 0.25) is 0 Å². The van der Waals surface area contributed by atoms with Crippen LogP contribution < -0.4 is 5.32 Å². The highest BCUT2D eigenvalue weighted by atomic mass is 16.3. The Hall–Kier alpha value is -0.590. The third kappa shape index (κ3) is 5.93. The zero-order valence-electron chi connectivity index (χ0n) is 12.8. The highest BCUT2D eigenvalue weighted by molar-refractivity contribution is 4.91. The average molecular weight is 266 g/mol. The Bertz CT molecular complexity index is 298. The first-order valence-corrected chi connectivity index (χ1v) is 7.75. The topological polar surface area (TPSA) is 56.0 Å². The van der Waals surface area contributed by atoms with Gasteiger partial charge in [-0.1, -0.05) is 13.3 Å². The van der Waals surface area contributed by atoms with E-state index in [4.69, 9.17) is 5.26 Å². The molecule has 0 aromatic rings. The Labute approximate surface area is 118 Å². The van der Waals surface area contributed by atoms with Crippen molar-refractivity contribution in [2.24, 2.45) is 11.3 Å². The molecule has 110 valence electrons. The third-order valence-electron chi connectivity index (χ3n) is 4.53. The number of hydrogen-bond acceptors (Lipinski definition) is 3. The molecule has 0 unspecified atom stereocenters. The van der Waals surface area contributed by atoms with Crippen LogP contribution in [0.25, 0.3) is 0 Å². The lowest BCUT2D eigenvalue weighted by Crippen LogP contribution is -2.43. The molecule has 1 rings (SSSR count). The van der Waals surface area contributed by atoms with Gasteiger partial charge in [-0.3, -0.25) is 0 Å². The lowest BCUT2D eigenvalue weighted by molar-refractivity contribution is -0.00852. The van der Waals surface area contributed by atoms with Gasteiger partial charge >= 0.3 is 0 Å². The lowest BCUT2D eigenvalue weighted by Gasteiger charge is -2.36. The highest BCUT2D eigenvalue weighted by Gasteiger charge is 2.32. The Morgan fingerprint density at radius 2 is 2.00 bits per heavy atom. The average Bonchev–Trinajstić information content (AvgIpc) is 2.39. The fraction of sp³-hybridized carbons (Fsp3) is 0.938. The molecule has 1 saturated carbocycles. The second-order valence-electron chi connectivity index (χ2n) is 6.85. The van der Waals surface area contributed by atoms with Crippen molar-refractivity contribution < 1.29 is 5.11 Å². The molecule has 0 amide bonds. The quantitative estimate of drug-likeness (QED) is 0.696. The minimum absolute atomic E-state index is 0.224. The van der Waals surface area contributed by atoms with Crippen molar-refractivity contribution in [2.75, 3.05) is 13.1 Å². The predicted octanol–water partition coefficient (Wildman–Crippen LogP) is 3.24. The van der Waals surface area contributed by atoms with E-state index in [9.17, 15) is 5.11 Å². The molecule has 0 aromatic carbocycles. The van der Waals surface area contributed by atoms with Crippen molar-refractivity contribution in [1.29, 1.82) is 5.26 Å². The molecular formula is C16H30N2O. The van der Waals surface area contributed by atoms with E-state index in [1.54, 1.807) is 0 Å². The van der Waals surface area contributed by atoms with Crippen molar-refractivity contribution in [3.63, 3.8) is 0 Å². The maximum Gasteiger partial charge on any atom is 0.0771 e. The van der Waals surface area contributed by atoms with Gasteiger partial charge in [-0.25, -0.2) is 0 Å². The van der Waals surface area contributed by atoms with E-state index in [1.165, 1.54) is 6.42 Å². The maximum absolute atomic E-state index is 10.5. The smallest absolute Gasteiger partial charge is 0.0771 e. The zero-order valence-corrected chi connectivity index (χ0v) is 12.8. The number of rotatable bonds is 7. The third-order valence-corrected chi connectivity index (χ3v) is 4.53. The predicted molar refractivity (Wildman–Crippen MR) is 78.7 cm³/mol. The molecule has 1 aliphatic rings. The molecule has 1 fully saturated rings. The van der Waals surface area contributed by atoms with Crippen LogP contribution in [0.5, 0.6) is 0 Å². The normalized spacial score (nSPS) is 28.1. The van der Waals surface area contributed by atoms with E-state index in [1.807, 2.05) is 13.8 Å². The fourth-order valence-corrected chi connectivity index (χ4v) is 2.83. The summed E-state index contributed by atoms with van der Waals surface area (Å²) in [6.07, 6.45) is 7.34. The lowest BCUT2D eigenvalue weighted by atomic mass is 9.78. The standard InChI is InChI=1S/C16H30N2O/c1-4-14-6-9-16(19,10-7-14)13-18-11-5-8-15(2,3)12-17/h14,18-19H,4-11,13H2,1-3H3. The van der Waals surface area contributed by atoms with Crippen molar-refractivity contribution in [1.82, 2.24) is 5.32 Å². The van der Waals surface area contributed by atoms with Gasteiger partial charge in [-0.05, 0) is 64.8 Å². The van der Waals surface area contributed by atoms with E-state index >= 15 is 0 Å². The molecule has 0 heterocycles. The van der Waals surface area contributed by atoms with Crippen molar-refractivity contribution in [3.05, 3.63) is 0 Å². The van der Waals surface area contributed by atoms with Gasteiger partial charge in [0.05, 0.1) is 17.1 Å². The van der Waals surface area contributed by atoms with Gasteiger partial charge in [0.25, 0.3) is 0 Å². The van der Waals surface area contributed by atoms with E-state index in [-0.39, 0.29) is 5.41 Å². The van der Waals surface area contributed by atoms with Crippen LogP contribution in [-0.2, 0) is 0 Å². The molecule has 0 spiro atoms. The van der Waals surface area contributed by atoms with Gasteiger partial charge in [-0.2, -0.15) is 5.26 Å². The van der Waals surface area contributed by atoms with Crippen LogP contribution in [0.4, 0.5) is 0 Å². The van der Waals surface area contributed by atoms with E-state index in [0.717, 1.165) is 51.0 Å². The van der Waals surface area contributed by atoms with Gasteiger partial charge in [0.15, 0.2) is 0 Å². The maximum atomic E-state index is 10.5. The Kier molecular flexibility index (Phi) is 6.29. The van der Waals surface area contributed by atoms with Crippen molar-refractivity contribution in [3.8, 4) is 6.07 Å². The molecule has 19 heavy (non-hydrogen) atoms. The summed E-state index contributed by atoms with van der Waals surface area (Å²) in [6, 6.07) is 2.32. The second-order valence-corrected chi connectivity index (χ2v) is 6.85. The molecule has 0 aliphatic heterocycles. The van der Waals surface area contributed by atoms with E-state index in [0.29, 0.717) is 6.54 Å². The molecule has 0 saturated heterocycles. The summed E-state index contributed by atoms with van der Waals surface area (Å²) in [6.45, 7) is 7.80. The number of nitriles is 1. The van der Waals surface area contributed by atoms with Gasteiger partial charge in [0, 0.05) is 6.54 Å². The van der Waals surface area contributed by atoms with Gasteiger partial charge in [-0.15, -0.1) is 0 Å².